The van der Waals surface area contributed by atoms with Crippen LogP contribution in [0.25, 0.3) is 29.1 Å². The van der Waals surface area contributed by atoms with Crippen molar-refractivity contribution < 1.29 is 9.53 Å². The lowest BCUT2D eigenvalue weighted by Gasteiger charge is -2.21. The van der Waals surface area contributed by atoms with E-state index >= 15 is 0 Å². The van der Waals surface area contributed by atoms with E-state index in [-0.39, 0.29) is 12.2 Å². The first-order valence-electron chi connectivity index (χ1n) is 13.8. The standard InChI is InChI=1S/C34H27ClN4O3S/c1-3-42-33(41)30-22(2)36-34-39(28(30)19-14-23-10-6-4-7-11-23)32(40)29(43-34)20-25-21-38(27-12-8-5-9-13-27)37-31(25)24-15-17-26(35)18-16-24/h4-21,28H,3H2,1-2H3/b19-14+,29-20-/t28-/m1/s1. The first kappa shape index (κ1) is 28.3. The van der Waals surface area contributed by atoms with Gasteiger partial charge in [-0.25, -0.2) is 14.5 Å². The van der Waals surface area contributed by atoms with Crippen molar-refractivity contribution in [1.29, 1.82) is 0 Å². The van der Waals surface area contributed by atoms with Crippen LogP contribution in [0.1, 0.15) is 31.0 Å². The van der Waals surface area contributed by atoms with Gasteiger partial charge in [0.05, 0.1) is 34.1 Å². The van der Waals surface area contributed by atoms with Crippen LogP contribution in [0.5, 0.6) is 0 Å². The molecule has 0 saturated heterocycles. The van der Waals surface area contributed by atoms with Crippen molar-refractivity contribution in [2.75, 3.05) is 6.61 Å². The maximum atomic E-state index is 14.1. The summed E-state index contributed by atoms with van der Waals surface area (Å²) >= 11 is 7.44. The molecule has 0 bridgehead atoms. The molecule has 0 unspecified atom stereocenters. The van der Waals surface area contributed by atoms with Crippen molar-refractivity contribution >= 4 is 41.1 Å². The maximum Gasteiger partial charge on any atom is 0.338 e. The quantitative estimate of drug-likeness (QED) is 0.214. The van der Waals surface area contributed by atoms with E-state index < -0.39 is 12.0 Å². The molecule has 0 aliphatic carbocycles. The molecular weight excluding hydrogens is 580 g/mol. The molecule has 9 heteroatoms. The number of nitrogens with zero attached hydrogens (tertiary/aromatic N) is 4. The van der Waals surface area contributed by atoms with Crippen LogP contribution >= 0.6 is 22.9 Å². The third-order valence-electron chi connectivity index (χ3n) is 7.00. The number of carbonyl (C=O) groups excluding carboxylic acids is 1. The Morgan fingerprint density at radius 1 is 1.02 bits per heavy atom. The van der Waals surface area contributed by atoms with Crippen molar-refractivity contribution in [1.82, 2.24) is 14.3 Å². The van der Waals surface area contributed by atoms with Gasteiger partial charge in [-0.2, -0.15) is 5.10 Å². The number of hydrogen-bond donors (Lipinski definition) is 0. The van der Waals surface area contributed by atoms with Gasteiger partial charge in [0.15, 0.2) is 4.80 Å². The molecule has 1 aliphatic rings. The summed E-state index contributed by atoms with van der Waals surface area (Å²) in [5.41, 5.74) is 4.77. The molecule has 1 aliphatic heterocycles. The lowest BCUT2D eigenvalue weighted by atomic mass is 10.0. The first-order chi connectivity index (χ1) is 20.9. The third-order valence-corrected chi connectivity index (χ3v) is 8.23. The Morgan fingerprint density at radius 3 is 2.42 bits per heavy atom. The summed E-state index contributed by atoms with van der Waals surface area (Å²) in [4.78, 5) is 32.3. The monoisotopic (exact) mass is 606 g/mol. The fraction of sp³-hybridized carbons (Fsp3) is 0.118. The molecule has 0 saturated carbocycles. The summed E-state index contributed by atoms with van der Waals surface area (Å²) in [7, 11) is 0. The second-order valence-electron chi connectivity index (χ2n) is 9.83. The van der Waals surface area contributed by atoms with Crippen LogP contribution in [0, 0.1) is 0 Å². The van der Waals surface area contributed by atoms with Crippen molar-refractivity contribution in [2.24, 2.45) is 4.99 Å². The normalized spacial score (nSPS) is 15.0. The number of allylic oxidation sites excluding steroid dienone is 2. The molecule has 6 rings (SSSR count). The maximum absolute atomic E-state index is 14.1. The highest BCUT2D eigenvalue weighted by molar-refractivity contribution is 7.07. The zero-order valence-electron chi connectivity index (χ0n) is 23.5. The number of para-hydroxylation sites is 1. The van der Waals surface area contributed by atoms with E-state index in [1.54, 1.807) is 23.1 Å². The number of thiazole rings is 1. The molecule has 3 heterocycles. The van der Waals surface area contributed by atoms with Gasteiger partial charge in [-0.3, -0.25) is 9.36 Å². The van der Waals surface area contributed by atoms with Gasteiger partial charge >= 0.3 is 5.97 Å². The number of esters is 1. The largest absolute Gasteiger partial charge is 0.463 e. The highest BCUT2D eigenvalue weighted by atomic mass is 35.5. The molecule has 0 amide bonds. The Bertz CT molecular complexity index is 2040. The number of halogens is 1. The SMILES string of the molecule is CCOC(=O)C1=C(C)N=c2s/c(=C\c3cn(-c4ccccc4)nc3-c3ccc(Cl)cc3)c(=O)n2[C@@H]1/C=C/c1ccccc1. The van der Waals surface area contributed by atoms with E-state index in [0.717, 1.165) is 22.4 Å². The van der Waals surface area contributed by atoms with Gasteiger partial charge in [-0.15, -0.1) is 0 Å². The van der Waals surface area contributed by atoms with Crippen molar-refractivity contribution in [3.8, 4) is 16.9 Å². The van der Waals surface area contributed by atoms with E-state index in [9.17, 15) is 9.59 Å². The van der Waals surface area contributed by atoms with E-state index in [1.807, 2.05) is 109 Å². The Morgan fingerprint density at radius 2 is 1.72 bits per heavy atom. The van der Waals surface area contributed by atoms with Crippen LogP contribution in [0.4, 0.5) is 0 Å². The number of hydrogen-bond acceptors (Lipinski definition) is 6. The van der Waals surface area contributed by atoms with Crippen molar-refractivity contribution in [3.05, 3.63) is 144 Å². The van der Waals surface area contributed by atoms with Crippen LogP contribution in [-0.2, 0) is 9.53 Å². The second kappa shape index (κ2) is 12.2. The summed E-state index contributed by atoms with van der Waals surface area (Å²) in [6.45, 7) is 3.75. The Labute approximate surface area is 257 Å². The number of ether oxygens (including phenoxy) is 1. The average Bonchev–Trinajstić information content (AvgIpc) is 3.57. The van der Waals surface area contributed by atoms with Crippen LogP contribution < -0.4 is 14.9 Å². The summed E-state index contributed by atoms with van der Waals surface area (Å²) in [6, 6.07) is 26.3. The van der Waals surface area contributed by atoms with E-state index in [0.29, 0.717) is 31.3 Å². The molecule has 1 atom stereocenters. The van der Waals surface area contributed by atoms with Crippen molar-refractivity contribution in [2.45, 2.75) is 19.9 Å². The van der Waals surface area contributed by atoms with Gasteiger partial charge < -0.3 is 4.74 Å². The molecule has 0 fully saturated rings. The highest BCUT2D eigenvalue weighted by Crippen LogP contribution is 2.28. The molecule has 0 spiro atoms. The van der Waals surface area contributed by atoms with E-state index in [1.165, 1.54) is 11.3 Å². The van der Waals surface area contributed by atoms with E-state index in [2.05, 4.69) is 4.99 Å². The minimum atomic E-state index is -0.680. The summed E-state index contributed by atoms with van der Waals surface area (Å²) in [5, 5.41) is 5.49. The number of rotatable bonds is 7. The zero-order valence-corrected chi connectivity index (χ0v) is 25.0. The lowest BCUT2D eigenvalue weighted by Crippen LogP contribution is -2.38. The molecule has 5 aromatic rings. The predicted molar refractivity (Wildman–Crippen MR) is 171 cm³/mol. The predicted octanol–water partition coefficient (Wildman–Crippen LogP) is 5.97. The Hall–Kier alpha value is -4.79. The van der Waals surface area contributed by atoms with Crippen LogP contribution in [0.15, 0.2) is 118 Å². The van der Waals surface area contributed by atoms with Gasteiger partial charge in [0.1, 0.15) is 5.69 Å². The Kier molecular flexibility index (Phi) is 8.05. The molecule has 0 N–H and O–H groups in total. The summed E-state index contributed by atoms with van der Waals surface area (Å²) in [6.07, 6.45) is 7.50. The first-order valence-corrected chi connectivity index (χ1v) is 15.0. The Balaban J connectivity index is 1.52. The molecule has 0 radical (unpaired) electrons. The van der Waals surface area contributed by atoms with Crippen LogP contribution in [0.3, 0.4) is 0 Å². The van der Waals surface area contributed by atoms with Crippen LogP contribution in [-0.4, -0.2) is 26.9 Å². The highest BCUT2D eigenvalue weighted by Gasteiger charge is 2.30. The van der Waals surface area contributed by atoms with Gasteiger partial charge in [-0.1, -0.05) is 95.8 Å². The number of carbonyl (C=O) groups is 1. The van der Waals surface area contributed by atoms with Gasteiger partial charge in [0.2, 0.25) is 0 Å². The number of aromatic nitrogens is 3. The molecule has 2 aromatic heterocycles. The van der Waals surface area contributed by atoms with Gasteiger partial charge in [-0.05, 0) is 49.8 Å². The molecule has 7 nitrogen and oxygen atoms in total. The fourth-order valence-corrected chi connectivity index (χ4v) is 6.13. The third kappa shape index (κ3) is 5.80. The van der Waals surface area contributed by atoms with E-state index in [4.69, 9.17) is 21.4 Å². The van der Waals surface area contributed by atoms with Gasteiger partial charge in [0.25, 0.3) is 5.56 Å². The fourth-order valence-electron chi connectivity index (χ4n) is 4.96. The minimum Gasteiger partial charge on any atom is -0.463 e. The lowest BCUT2D eigenvalue weighted by molar-refractivity contribution is -0.139. The topological polar surface area (TPSA) is 78.5 Å². The van der Waals surface area contributed by atoms with Crippen molar-refractivity contribution in [3.63, 3.8) is 0 Å². The van der Waals surface area contributed by atoms with Crippen LogP contribution in [0.2, 0.25) is 5.02 Å². The summed E-state index contributed by atoms with van der Waals surface area (Å²) in [5.74, 6) is -0.491. The minimum absolute atomic E-state index is 0.216. The molecular formula is C34H27ClN4O3S. The zero-order chi connectivity index (χ0) is 29.9. The second-order valence-corrected chi connectivity index (χ2v) is 11.3. The number of fused-ring (bicyclic) bond motifs is 1. The molecule has 214 valence electrons. The smallest absolute Gasteiger partial charge is 0.338 e. The average molecular weight is 607 g/mol. The molecule has 3 aromatic carbocycles. The molecule has 43 heavy (non-hydrogen) atoms. The number of benzene rings is 3. The summed E-state index contributed by atoms with van der Waals surface area (Å²) < 4.78 is 9.21. The van der Waals surface area contributed by atoms with Gasteiger partial charge in [0, 0.05) is 22.3 Å².